The molecule has 0 spiro atoms. The molecule has 0 bridgehead atoms. The van der Waals surface area contributed by atoms with Crippen LogP contribution in [0.2, 0.25) is 0 Å². The van der Waals surface area contributed by atoms with Gasteiger partial charge in [0.2, 0.25) is 5.91 Å². The number of ether oxygens (including phenoxy) is 1. The van der Waals surface area contributed by atoms with E-state index < -0.39 is 6.04 Å². The molecule has 0 aliphatic heterocycles. The zero-order valence-electron chi connectivity index (χ0n) is 19.6. The minimum Gasteiger partial charge on any atom is -0.483 e. The molecule has 1 atom stereocenters. The van der Waals surface area contributed by atoms with E-state index in [1.807, 2.05) is 99.6 Å². The Bertz CT molecular complexity index is 1050. The summed E-state index contributed by atoms with van der Waals surface area (Å²) in [6.07, 6.45) is 0.425. The number of rotatable bonds is 10. The summed E-state index contributed by atoms with van der Waals surface area (Å²) >= 11 is 0. The molecule has 5 nitrogen and oxygen atoms in total. The SMILES string of the molecule is CCNC(=O)C(Cc1ccccc1)N(Cc1ccccc1)C(=O)COc1cccc(C)c1C. The molecule has 33 heavy (non-hydrogen) atoms. The Balaban J connectivity index is 1.88. The molecule has 0 aromatic heterocycles. The van der Waals surface area contributed by atoms with Gasteiger partial charge in [-0.05, 0) is 49.1 Å². The van der Waals surface area contributed by atoms with E-state index in [4.69, 9.17) is 4.74 Å². The highest BCUT2D eigenvalue weighted by Crippen LogP contribution is 2.21. The van der Waals surface area contributed by atoms with Crippen LogP contribution in [0.5, 0.6) is 5.75 Å². The predicted octanol–water partition coefficient (Wildman–Crippen LogP) is 4.46. The maximum Gasteiger partial charge on any atom is 0.261 e. The summed E-state index contributed by atoms with van der Waals surface area (Å²) in [5.41, 5.74) is 4.06. The number of amides is 2. The number of carbonyl (C=O) groups is 2. The van der Waals surface area contributed by atoms with E-state index in [-0.39, 0.29) is 18.4 Å². The normalized spacial score (nSPS) is 11.5. The zero-order valence-corrected chi connectivity index (χ0v) is 19.6. The average Bonchev–Trinajstić information content (AvgIpc) is 2.83. The molecule has 0 aliphatic carbocycles. The van der Waals surface area contributed by atoms with Gasteiger partial charge in [-0.1, -0.05) is 72.8 Å². The zero-order chi connectivity index (χ0) is 23.6. The lowest BCUT2D eigenvalue weighted by Gasteiger charge is -2.31. The van der Waals surface area contributed by atoms with Crippen LogP contribution in [0.25, 0.3) is 0 Å². The summed E-state index contributed by atoms with van der Waals surface area (Å²) in [6, 6.07) is 24.6. The molecule has 0 radical (unpaired) electrons. The number of benzene rings is 3. The number of aryl methyl sites for hydroxylation is 1. The van der Waals surface area contributed by atoms with Crippen molar-refractivity contribution >= 4 is 11.8 Å². The van der Waals surface area contributed by atoms with Gasteiger partial charge in [0, 0.05) is 19.5 Å². The van der Waals surface area contributed by atoms with Crippen LogP contribution < -0.4 is 10.1 Å². The van der Waals surface area contributed by atoms with E-state index in [0.717, 1.165) is 22.3 Å². The summed E-state index contributed by atoms with van der Waals surface area (Å²) in [6.45, 7) is 6.55. The number of nitrogens with one attached hydrogen (secondary N) is 1. The third-order valence-corrected chi connectivity index (χ3v) is 5.72. The fraction of sp³-hybridized carbons (Fsp3) is 0.286. The Labute approximate surface area is 196 Å². The van der Waals surface area contributed by atoms with Gasteiger partial charge in [-0.15, -0.1) is 0 Å². The lowest BCUT2D eigenvalue weighted by molar-refractivity contribution is -0.142. The molecule has 0 saturated carbocycles. The number of carbonyl (C=O) groups excluding carboxylic acids is 2. The lowest BCUT2D eigenvalue weighted by atomic mass is 10.0. The fourth-order valence-electron chi connectivity index (χ4n) is 3.73. The molecule has 0 saturated heterocycles. The lowest BCUT2D eigenvalue weighted by Crippen LogP contribution is -2.51. The predicted molar refractivity (Wildman–Crippen MR) is 131 cm³/mol. The van der Waals surface area contributed by atoms with Crippen LogP contribution in [-0.4, -0.2) is 35.9 Å². The van der Waals surface area contributed by atoms with Crippen molar-refractivity contribution in [1.82, 2.24) is 10.2 Å². The Hall–Kier alpha value is -3.60. The van der Waals surface area contributed by atoms with Crippen molar-refractivity contribution in [2.24, 2.45) is 0 Å². The van der Waals surface area contributed by atoms with Crippen molar-refractivity contribution in [2.45, 2.75) is 39.8 Å². The number of hydrogen-bond donors (Lipinski definition) is 1. The van der Waals surface area contributed by atoms with Crippen molar-refractivity contribution in [2.75, 3.05) is 13.2 Å². The van der Waals surface area contributed by atoms with Crippen LogP contribution in [0.4, 0.5) is 0 Å². The highest BCUT2D eigenvalue weighted by Gasteiger charge is 2.30. The first kappa shape index (κ1) is 24.1. The first-order valence-corrected chi connectivity index (χ1v) is 11.3. The first-order valence-electron chi connectivity index (χ1n) is 11.3. The maximum atomic E-state index is 13.5. The van der Waals surface area contributed by atoms with Gasteiger partial charge in [-0.2, -0.15) is 0 Å². The third kappa shape index (κ3) is 6.69. The van der Waals surface area contributed by atoms with Gasteiger partial charge in [0.15, 0.2) is 6.61 Å². The summed E-state index contributed by atoms with van der Waals surface area (Å²) in [5, 5.41) is 2.90. The van der Waals surface area contributed by atoms with Gasteiger partial charge in [-0.25, -0.2) is 0 Å². The molecule has 3 aromatic carbocycles. The van der Waals surface area contributed by atoms with E-state index >= 15 is 0 Å². The highest BCUT2D eigenvalue weighted by molar-refractivity contribution is 5.88. The van der Waals surface area contributed by atoms with Crippen molar-refractivity contribution in [3.8, 4) is 5.75 Å². The number of nitrogens with zero attached hydrogens (tertiary/aromatic N) is 1. The molecule has 0 fully saturated rings. The molecular weight excluding hydrogens is 412 g/mol. The number of hydrogen-bond acceptors (Lipinski definition) is 3. The van der Waals surface area contributed by atoms with Crippen LogP contribution in [-0.2, 0) is 22.6 Å². The first-order chi connectivity index (χ1) is 16.0. The van der Waals surface area contributed by atoms with Gasteiger partial charge < -0.3 is 15.0 Å². The van der Waals surface area contributed by atoms with E-state index in [1.54, 1.807) is 4.90 Å². The second kappa shape index (κ2) is 11.9. The van der Waals surface area contributed by atoms with Gasteiger partial charge >= 0.3 is 0 Å². The average molecular weight is 445 g/mol. The van der Waals surface area contributed by atoms with Gasteiger partial charge in [0.05, 0.1) is 0 Å². The van der Waals surface area contributed by atoms with Crippen LogP contribution >= 0.6 is 0 Å². The van der Waals surface area contributed by atoms with Gasteiger partial charge in [0.25, 0.3) is 5.91 Å². The molecule has 0 heterocycles. The topological polar surface area (TPSA) is 58.6 Å². The minimum absolute atomic E-state index is 0.137. The quantitative estimate of drug-likeness (QED) is 0.502. The molecule has 3 rings (SSSR count). The number of likely N-dealkylation sites (N-methyl/N-ethyl adjacent to an activating group) is 1. The van der Waals surface area contributed by atoms with E-state index in [2.05, 4.69) is 5.32 Å². The van der Waals surface area contributed by atoms with E-state index in [1.165, 1.54) is 0 Å². The van der Waals surface area contributed by atoms with Crippen molar-refractivity contribution < 1.29 is 14.3 Å². The van der Waals surface area contributed by atoms with Crippen LogP contribution in [0.15, 0.2) is 78.9 Å². The Morgan fingerprint density at radius 2 is 1.52 bits per heavy atom. The molecule has 0 aliphatic rings. The molecule has 2 amide bonds. The highest BCUT2D eigenvalue weighted by atomic mass is 16.5. The van der Waals surface area contributed by atoms with Crippen molar-refractivity contribution in [3.63, 3.8) is 0 Å². The van der Waals surface area contributed by atoms with E-state index in [0.29, 0.717) is 25.3 Å². The molecule has 1 unspecified atom stereocenters. The molecule has 172 valence electrons. The fourth-order valence-corrected chi connectivity index (χ4v) is 3.73. The summed E-state index contributed by atoms with van der Waals surface area (Å²) < 4.78 is 5.92. The van der Waals surface area contributed by atoms with Crippen LogP contribution in [0, 0.1) is 13.8 Å². The molecular formula is C28H32N2O3. The molecule has 3 aromatic rings. The monoisotopic (exact) mass is 444 g/mol. The molecule has 5 heteroatoms. The van der Waals surface area contributed by atoms with Gasteiger partial charge in [0.1, 0.15) is 11.8 Å². The van der Waals surface area contributed by atoms with Crippen LogP contribution in [0.3, 0.4) is 0 Å². The largest absolute Gasteiger partial charge is 0.483 e. The van der Waals surface area contributed by atoms with Crippen molar-refractivity contribution in [3.05, 3.63) is 101 Å². The second-order valence-corrected chi connectivity index (χ2v) is 8.09. The van der Waals surface area contributed by atoms with E-state index in [9.17, 15) is 9.59 Å². The second-order valence-electron chi connectivity index (χ2n) is 8.09. The standard InChI is InChI=1S/C28H32N2O3/c1-4-29-28(32)25(18-23-13-7-5-8-14-23)30(19-24-15-9-6-10-16-24)27(31)20-33-26-17-11-12-21(2)22(26)3/h5-17,25H,4,18-20H2,1-3H3,(H,29,32). The summed E-state index contributed by atoms with van der Waals surface area (Å²) in [5.74, 6) is 0.282. The third-order valence-electron chi connectivity index (χ3n) is 5.72. The smallest absolute Gasteiger partial charge is 0.261 e. The summed E-state index contributed by atoms with van der Waals surface area (Å²) in [7, 11) is 0. The van der Waals surface area contributed by atoms with Crippen molar-refractivity contribution in [1.29, 1.82) is 0 Å². The Morgan fingerprint density at radius 3 is 2.15 bits per heavy atom. The maximum absolute atomic E-state index is 13.5. The summed E-state index contributed by atoms with van der Waals surface area (Å²) in [4.78, 5) is 28.2. The Morgan fingerprint density at radius 1 is 0.879 bits per heavy atom. The Kier molecular flexibility index (Phi) is 8.64. The van der Waals surface area contributed by atoms with Gasteiger partial charge in [-0.3, -0.25) is 9.59 Å². The molecule has 1 N–H and O–H groups in total. The van der Waals surface area contributed by atoms with Crippen LogP contribution in [0.1, 0.15) is 29.2 Å². The minimum atomic E-state index is -0.651.